The van der Waals surface area contributed by atoms with E-state index in [4.69, 9.17) is 0 Å². The number of imidazole rings is 1. The van der Waals surface area contributed by atoms with Gasteiger partial charge in [0.25, 0.3) is 5.82 Å². The van der Waals surface area contributed by atoms with E-state index in [9.17, 15) is 0 Å². The Bertz CT molecular complexity index is 733. The van der Waals surface area contributed by atoms with Crippen molar-refractivity contribution >= 4 is 0 Å². The van der Waals surface area contributed by atoms with Crippen LogP contribution in [-0.4, -0.2) is 4.57 Å². The fraction of sp³-hybridized carbons (Fsp3) is 0.735. The van der Waals surface area contributed by atoms with Crippen LogP contribution in [-0.2, 0) is 25.9 Å². The number of hydrogen-bond donors (Lipinski definition) is 0. The maximum Gasteiger partial charge on any atom is 0.256 e. The number of unbranched alkanes of at least 4 members (excludes halogenated alkanes) is 16. The van der Waals surface area contributed by atoms with E-state index >= 15 is 0 Å². The van der Waals surface area contributed by atoms with Crippen molar-refractivity contribution in [2.24, 2.45) is 0 Å². The molecular weight excluding hydrogens is 436 g/mol. The molecule has 0 amide bonds. The maximum absolute atomic E-state index is 2.54. The lowest BCUT2D eigenvalue weighted by Gasteiger charge is -2.06. The topological polar surface area (TPSA) is 8.81 Å². The Morgan fingerprint density at radius 3 is 1.61 bits per heavy atom. The Labute approximate surface area is 224 Å². The lowest BCUT2D eigenvalue weighted by molar-refractivity contribution is -0.704. The van der Waals surface area contributed by atoms with Crippen LogP contribution >= 0.6 is 0 Å². The highest BCUT2D eigenvalue weighted by Gasteiger charge is 2.15. The van der Waals surface area contributed by atoms with Gasteiger partial charge in [-0.25, -0.2) is 9.13 Å². The van der Waals surface area contributed by atoms with Gasteiger partial charge < -0.3 is 0 Å². The van der Waals surface area contributed by atoms with Crippen LogP contribution in [0.2, 0.25) is 0 Å². The number of hydrogen-bond acceptors (Lipinski definition) is 0. The third-order valence-electron chi connectivity index (χ3n) is 7.77. The van der Waals surface area contributed by atoms with E-state index in [0.29, 0.717) is 0 Å². The summed E-state index contributed by atoms with van der Waals surface area (Å²) in [5.74, 6) is 1.53. The van der Waals surface area contributed by atoms with E-state index in [1.54, 1.807) is 0 Å². The molecule has 36 heavy (non-hydrogen) atoms. The molecule has 0 saturated heterocycles. The number of aryl methyl sites for hydroxylation is 3. The zero-order valence-electron chi connectivity index (χ0n) is 24.2. The average Bonchev–Trinajstić information content (AvgIpc) is 3.28. The van der Waals surface area contributed by atoms with E-state index in [1.807, 2.05) is 0 Å². The molecule has 2 aromatic rings. The summed E-state index contributed by atoms with van der Waals surface area (Å²) in [6.45, 7) is 6.94. The molecular formula is C34H59N2+. The van der Waals surface area contributed by atoms with Crippen molar-refractivity contribution in [1.82, 2.24) is 4.57 Å². The van der Waals surface area contributed by atoms with Crippen LogP contribution in [0.25, 0.3) is 0 Å². The van der Waals surface area contributed by atoms with E-state index in [1.165, 1.54) is 153 Å². The van der Waals surface area contributed by atoms with E-state index in [-0.39, 0.29) is 0 Å². The van der Waals surface area contributed by atoms with Gasteiger partial charge in [0, 0.05) is 6.42 Å². The lowest BCUT2D eigenvalue weighted by Crippen LogP contribution is -2.37. The Hall–Kier alpha value is -1.57. The van der Waals surface area contributed by atoms with E-state index in [0.717, 1.165) is 6.54 Å². The molecule has 0 radical (unpaired) electrons. The highest BCUT2D eigenvalue weighted by atomic mass is 15.1. The molecule has 0 unspecified atom stereocenters. The second-order valence-corrected chi connectivity index (χ2v) is 11.1. The molecule has 1 aromatic heterocycles. The predicted molar refractivity (Wildman–Crippen MR) is 158 cm³/mol. The van der Waals surface area contributed by atoms with Crippen molar-refractivity contribution < 1.29 is 4.57 Å². The summed E-state index contributed by atoms with van der Waals surface area (Å²) in [5.41, 5.74) is 1.46. The van der Waals surface area contributed by atoms with Crippen LogP contribution in [0.4, 0.5) is 0 Å². The Morgan fingerprint density at radius 2 is 1.08 bits per heavy atom. The molecule has 2 rings (SSSR count). The van der Waals surface area contributed by atoms with Gasteiger partial charge in [0.15, 0.2) is 0 Å². The standard InChI is InChI=1S/C34H59N2/c1-3-5-6-7-8-9-10-11-12-13-14-15-16-17-18-19-23-29-35-31-32-36(34(35)25-4-2)30-24-28-33-26-21-20-22-27-33/h20-22,26-27,31-32H,3-19,23-25,28-30H2,1-2H3/q+1. The summed E-state index contributed by atoms with van der Waals surface area (Å²) in [7, 11) is 0. The van der Waals surface area contributed by atoms with Gasteiger partial charge in [0.05, 0.1) is 13.1 Å². The van der Waals surface area contributed by atoms with Gasteiger partial charge >= 0.3 is 0 Å². The van der Waals surface area contributed by atoms with E-state index < -0.39 is 0 Å². The molecule has 0 fully saturated rings. The number of aromatic nitrogens is 2. The largest absolute Gasteiger partial charge is 0.256 e. The molecule has 0 aliphatic carbocycles. The maximum atomic E-state index is 2.54. The third-order valence-corrected chi connectivity index (χ3v) is 7.77. The van der Waals surface area contributed by atoms with Crippen LogP contribution in [0.15, 0.2) is 42.7 Å². The van der Waals surface area contributed by atoms with Gasteiger partial charge in [-0.2, -0.15) is 0 Å². The quantitative estimate of drug-likeness (QED) is 0.101. The van der Waals surface area contributed by atoms with Gasteiger partial charge in [0.2, 0.25) is 0 Å². The van der Waals surface area contributed by atoms with Crippen molar-refractivity contribution in [3.63, 3.8) is 0 Å². The van der Waals surface area contributed by atoms with Crippen molar-refractivity contribution in [2.45, 2.75) is 162 Å². The lowest BCUT2D eigenvalue weighted by atomic mass is 10.0. The SMILES string of the molecule is CCCCCCCCCCCCCCCCCCCn1cc[n+](CCCc2ccccc2)c1CCC. The summed E-state index contributed by atoms with van der Waals surface area (Å²) >= 11 is 0. The molecule has 0 aliphatic rings. The number of nitrogens with zero attached hydrogens (tertiary/aromatic N) is 2. The first kappa shape index (κ1) is 30.7. The Morgan fingerprint density at radius 1 is 0.556 bits per heavy atom. The number of benzene rings is 1. The van der Waals surface area contributed by atoms with Gasteiger partial charge in [-0.05, 0) is 37.7 Å². The Kier molecular flexibility index (Phi) is 18.3. The Balaban J connectivity index is 1.45. The normalized spacial score (nSPS) is 11.4. The fourth-order valence-corrected chi connectivity index (χ4v) is 5.52. The smallest absolute Gasteiger partial charge is 0.234 e. The molecule has 0 N–H and O–H groups in total. The zero-order valence-corrected chi connectivity index (χ0v) is 24.2. The van der Waals surface area contributed by atoms with Crippen molar-refractivity contribution in [3.8, 4) is 0 Å². The molecule has 0 bridgehead atoms. The van der Waals surface area contributed by atoms with Gasteiger partial charge in [-0.3, -0.25) is 0 Å². The highest BCUT2D eigenvalue weighted by Crippen LogP contribution is 2.14. The fourth-order valence-electron chi connectivity index (χ4n) is 5.52. The van der Waals surface area contributed by atoms with Crippen molar-refractivity contribution in [3.05, 3.63) is 54.1 Å². The van der Waals surface area contributed by atoms with Crippen LogP contribution < -0.4 is 4.57 Å². The zero-order chi connectivity index (χ0) is 25.5. The first-order chi connectivity index (χ1) is 17.8. The summed E-state index contributed by atoms with van der Waals surface area (Å²) < 4.78 is 5.05. The average molecular weight is 496 g/mol. The van der Waals surface area contributed by atoms with Crippen LogP contribution in [0.3, 0.4) is 0 Å². The minimum Gasteiger partial charge on any atom is -0.234 e. The van der Waals surface area contributed by atoms with Crippen molar-refractivity contribution in [2.75, 3.05) is 0 Å². The van der Waals surface area contributed by atoms with E-state index in [2.05, 4.69) is 65.7 Å². The predicted octanol–water partition coefficient (Wildman–Crippen LogP) is 10.0. The monoisotopic (exact) mass is 495 g/mol. The van der Waals surface area contributed by atoms with Gasteiger partial charge in [0.1, 0.15) is 12.4 Å². The van der Waals surface area contributed by atoms with Crippen LogP contribution in [0.5, 0.6) is 0 Å². The first-order valence-electron chi connectivity index (χ1n) is 16.0. The summed E-state index contributed by atoms with van der Waals surface area (Å²) in [6.07, 6.45) is 33.9. The molecule has 2 nitrogen and oxygen atoms in total. The van der Waals surface area contributed by atoms with Crippen LogP contribution in [0, 0.1) is 0 Å². The summed E-state index contributed by atoms with van der Waals surface area (Å²) in [6, 6.07) is 10.9. The van der Waals surface area contributed by atoms with Gasteiger partial charge in [-0.1, -0.05) is 140 Å². The molecule has 1 heterocycles. The second kappa shape index (κ2) is 21.5. The molecule has 1 aromatic carbocycles. The molecule has 2 heteroatoms. The molecule has 0 saturated carbocycles. The minimum absolute atomic E-state index is 1.14. The molecule has 0 atom stereocenters. The molecule has 0 spiro atoms. The molecule has 0 aliphatic heterocycles. The summed E-state index contributed by atoms with van der Waals surface area (Å²) in [5, 5.41) is 0. The summed E-state index contributed by atoms with van der Waals surface area (Å²) in [4.78, 5) is 0. The second-order valence-electron chi connectivity index (χ2n) is 11.1. The molecule has 204 valence electrons. The van der Waals surface area contributed by atoms with Crippen molar-refractivity contribution in [1.29, 1.82) is 0 Å². The third kappa shape index (κ3) is 14.2. The van der Waals surface area contributed by atoms with Crippen LogP contribution in [0.1, 0.15) is 147 Å². The van der Waals surface area contributed by atoms with Gasteiger partial charge in [-0.15, -0.1) is 0 Å². The first-order valence-corrected chi connectivity index (χ1v) is 16.0. The highest BCUT2D eigenvalue weighted by molar-refractivity contribution is 5.14. The minimum atomic E-state index is 1.14. The number of rotatable bonds is 24.